The highest BCUT2D eigenvalue weighted by molar-refractivity contribution is 5.90. The summed E-state index contributed by atoms with van der Waals surface area (Å²) in [6.07, 6.45) is 1.51. The lowest BCUT2D eigenvalue weighted by Gasteiger charge is -2.16. The maximum Gasteiger partial charge on any atom is 0.329 e. The van der Waals surface area contributed by atoms with E-state index in [4.69, 9.17) is 9.63 Å². The van der Waals surface area contributed by atoms with E-state index in [-0.39, 0.29) is 11.8 Å². The van der Waals surface area contributed by atoms with Gasteiger partial charge in [-0.25, -0.2) is 4.79 Å². The van der Waals surface area contributed by atoms with E-state index in [0.717, 1.165) is 11.3 Å². The maximum atomic E-state index is 12.0. The summed E-state index contributed by atoms with van der Waals surface area (Å²) in [7, 11) is 0. The fourth-order valence-corrected chi connectivity index (χ4v) is 2.07. The van der Waals surface area contributed by atoms with Crippen LogP contribution in [0.5, 0.6) is 0 Å². The number of carbonyl (C=O) groups excluding carboxylic acids is 1. The largest absolute Gasteiger partial charge is 0.480 e. The van der Waals surface area contributed by atoms with Crippen LogP contribution in [0.2, 0.25) is 0 Å². The minimum atomic E-state index is -1.02. The molecule has 1 fully saturated rings. The third-order valence-corrected chi connectivity index (χ3v) is 3.66. The van der Waals surface area contributed by atoms with Crippen LogP contribution in [0.15, 0.2) is 4.52 Å². The van der Waals surface area contributed by atoms with Gasteiger partial charge in [-0.1, -0.05) is 12.1 Å². The van der Waals surface area contributed by atoms with Gasteiger partial charge in [0.05, 0.1) is 5.69 Å². The van der Waals surface area contributed by atoms with Gasteiger partial charge in [0.15, 0.2) is 0 Å². The van der Waals surface area contributed by atoms with Gasteiger partial charge in [0.25, 0.3) is 0 Å². The van der Waals surface area contributed by atoms with E-state index in [2.05, 4.69) is 10.5 Å². The second kappa shape index (κ2) is 4.68. The molecule has 0 aliphatic heterocycles. The van der Waals surface area contributed by atoms with Crippen LogP contribution in [0.1, 0.15) is 36.8 Å². The van der Waals surface area contributed by atoms with E-state index in [1.165, 1.54) is 0 Å². The molecule has 1 aliphatic rings. The molecule has 1 atom stereocenters. The van der Waals surface area contributed by atoms with E-state index in [1.807, 2.05) is 6.92 Å². The summed E-state index contributed by atoms with van der Waals surface area (Å²) < 4.78 is 5.05. The lowest BCUT2D eigenvalue weighted by Crippen LogP contribution is -2.45. The van der Waals surface area contributed by atoms with Crippen molar-refractivity contribution in [2.75, 3.05) is 0 Å². The van der Waals surface area contributed by atoms with Gasteiger partial charge in [0.1, 0.15) is 11.3 Å². The number of aromatic nitrogens is 1. The molecule has 1 amide bonds. The number of hydrogen-bond acceptors (Lipinski definition) is 4. The summed E-state index contributed by atoms with van der Waals surface area (Å²) in [5.41, 5.74) is 0.670. The van der Waals surface area contributed by atoms with Crippen molar-refractivity contribution in [3.05, 3.63) is 17.0 Å². The summed E-state index contributed by atoms with van der Waals surface area (Å²) in [5.74, 6) is -0.796. The summed E-state index contributed by atoms with van der Waals surface area (Å²) in [4.78, 5) is 23.1. The van der Waals surface area contributed by atoms with Crippen LogP contribution in [-0.4, -0.2) is 27.7 Å². The van der Waals surface area contributed by atoms with Crippen molar-refractivity contribution in [1.82, 2.24) is 10.5 Å². The standard InChI is InChI=1S/C13H18N2O4/c1-7(6-10-8(2)15-19-9(10)3)11(16)14-13(4-5-13)12(17)18/h7H,4-6H2,1-3H3,(H,14,16)(H,17,18)/t7-/m0/s1. The first-order valence-electron chi connectivity index (χ1n) is 6.33. The van der Waals surface area contributed by atoms with Gasteiger partial charge in [-0.05, 0) is 33.1 Å². The van der Waals surface area contributed by atoms with Crippen LogP contribution in [0.3, 0.4) is 0 Å². The third-order valence-electron chi connectivity index (χ3n) is 3.66. The van der Waals surface area contributed by atoms with E-state index >= 15 is 0 Å². The number of rotatable bonds is 5. The molecule has 1 aromatic rings. The van der Waals surface area contributed by atoms with Crippen molar-refractivity contribution in [2.24, 2.45) is 5.92 Å². The number of carbonyl (C=O) groups is 2. The zero-order valence-corrected chi connectivity index (χ0v) is 11.3. The van der Waals surface area contributed by atoms with E-state index < -0.39 is 11.5 Å². The molecule has 2 rings (SSSR count). The van der Waals surface area contributed by atoms with Gasteiger partial charge in [0.2, 0.25) is 5.91 Å². The summed E-state index contributed by atoms with van der Waals surface area (Å²) in [6, 6.07) is 0. The van der Waals surface area contributed by atoms with Crippen molar-refractivity contribution < 1.29 is 19.2 Å². The first-order valence-corrected chi connectivity index (χ1v) is 6.33. The Kier molecular flexibility index (Phi) is 3.34. The predicted molar refractivity (Wildman–Crippen MR) is 66.6 cm³/mol. The Morgan fingerprint density at radius 1 is 1.47 bits per heavy atom. The average molecular weight is 266 g/mol. The second-order valence-electron chi connectivity index (χ2n) is 5.28. The molecule has 104 valence electrons. The van der Waals surface area contributed by atoms with Gasteiger partial charge >= 0.3 is 5.97 Å². The molecule has 1 aromatic heterocycles. The molecule has 0 saturated heterocycles. The second-order valence-corrected chi connectivity index (χ2v) is 5.28. The lowest BCUT2D eigenvalue weighted by molar-refractivity contribution is -0.143. The van der Waals surface area contributed by atoms with Gasteiger partial charge in [-0.2, -0.15) is 0 Å². The number of nitrogens with one attached hydrogen (secondary N) is 1. The van der Waals surface area contributed by atoms with E-state index in [0.29, 0.717) is 25.0 Å². The first kappa shape index (κ1) is 13.6. The number of aryl methyl sites for hydroxylation is 2. The number of amides is 1. The number of aliphatic carboxylic acids is 1. The van der Waals surface area contributed by atoms with Crippen molar-refractivity contribution >= 4 is 11.9 Å². The summed E-state index contributed by atoms with van der Waals surface area (Å²) >= 11 is 0. The highest BCUT2D eigenvalue weighted by atomic mass is 16.5. The van der Waals surface area contributed by atoms with Crippen molar-refractivity contribution in [1.29, 1.82) is 0 Å². The Morgan fingerprint density at radius 3 is 2.53 bits per heavy atom. The van der Waals surface area contributed by atoms with Gasteiger partial charge in [-0.15, -0.1) is 0 Å². The highest BCUT2D eigenvalue weighted by Crippen LogP contribution is 2.35. The van der Waals surface area contributed by atoms with Crippen molar-refractivity contribution in [2.45, 2.75) is 45.6 Å². The quantitative estimate of drug-likeness (QED) is 0.835. The highest BCUT2D eigenvalue weighted by Gasteiger charge is 2.51. The third kappa shape index (κ3) is 2.62. The maximum absolute atomic E-state index is 12.0. The van der Waals surface area contributed by atoms with Gasteiger partial charge in [-0.3, -0.25) is 4.79 Å². The Morgan fingerprint density at radius 2 is 2.11 bits per heavy atom. The number of carboxylic acids is 1. The minimum Gasteiger partial charge on any atom is -0.480 e. The van der Waals surface area contributed by atoms with Crippen LogP contribution in [0, 0.1) is 19.8 Å². The Bertz CT molecular complexity index is 497. The zero-order chi connectivity index (χ0) is 14.2. The zero-order valence-electron chi connectivity index (χ0n) is 11.3. The molecule has 6 nitrogen and oxygen atoms in total. The first-order chi connectivity index (χ1) is 8.85. The number of hydrogen-bond donors (Lipinski definition) is 2. The van der Waals surface area contributed by atoms with Crippen LogP contribution >= 0.6 is 0 Å². The molecular weight excluding hydrogens is 248 g/mol. The Hall–Kier alpha value is -1.85. The van der Waals surface area contributed by atoms with E-state index in [9.17, 15) is 9.59 Å². The molecule has 0 radical (unpaired) electrons. The fourth-order valence-electron chi connectivity index (χ4n) is 2.07. The van der Waals surface area contributed by atoms with Crippen molar-refractivity contribution in [3.8, 4) is 0 Å². The predicted octanol–water partition coefficient (Wildman–Crippen LogP) is 1.20. The van der Waals surface area contributed by atoms with Crippen LogP contribution in [0.25, 0.3) is 0 Å². The average Bonchev–Trinajstić information content (AvgIpc) is 3.06. The molecule has 0 bridgehead atoms. The Labute approximate surface area is 111 Å². The smallest absolute Gasteiger partial charge is 0.329 e. The van der Waals surface area contributed by atoms with E-state index in [1.54, 1.807) is 13.8 Å². The van der Waals surface area contributed by atoms with Crippen LogP contribution < -0.4 is 5.32 Å². The minimum absolute atomic E-state index is 0.236. The molecule has 0 aromatic carbocycles. The monoisotopic (exact) mass is 266 g/mol. The molecule has 1 aliphatic carbocycles. The normalized spacial score (nSPS) is 17.8. The topological polar surface area (TPSA) is 92.4 Å². The number of nitrogens with zero attached hydrogens (tertiary/aromatic N) is 1. The summed E-state index contributed by atoms with van der Waals surface area (Å²) in [6.45, 7) is 5.41. The molecule has 6 heteroatoms. The molecule has 0 spiro atoms. The molecule has 1 heterocycles. The SMILES string of the molecule is Cc1noc(C)c1C[C@H](C)C(=O)NC1(C(=O)O)CC1. The van der Waals surface area contributed by atoms with Crippen molar-refractivity contribution in [3.63, 3.8) is 0 Å². The molecule has 0 unspecified atom stereocenters. The molecular formula is C13H18N2O4. The molecule has 19 heavy (non-hydrogen) atoms. The molecule has 1 saturated carbocycles. The fraction of sp³-hybridized carbons (Fsp3) is 0.615. The number of carboxylic acid groups (broad SMARTS) is 1. The lowest BCUT2D eigenvalue weighted by atomic mass is 9.98. The molecule has 2 N–H and O–H groups in total. The van der Waals surface area contributed by atoms with Crippen LogP contribution in [-0.2, 0) is 16.0 Å². The summed E-state index contributed by atoms with van der Waals surface area (Å²) in [5, 5.41) is 15.5. The van der Waals surface area contributed by atoms with Crippen LogP contribution in [0.4, 0.5) is 0 Å². The Balaban J connectivity index is 1.99. The van der Waals surface area contributed by atoms with Gasteiger partial charge in [0, 0.05) is 11.5 Å². The van der Waals surface area contributed by atoms with Gasteiger partial charge < -0.3 is 14.9 Å².